The average molecular weight is 240 g/mol. The van der Waals surface area contributed by atoms with Crippen LogP contribution in [0, 0.1) is 0 Å². The topological polar surface area (TPSA) is 47.0 Å². The van der Waals surface area contributed by atoms with E-state index >= 15 is 0 Å². The summed E-state index contributed by atoms with van der Waals surface area (Å²) in [5.41, 5.74) is -0.572. The zero-order chi connectivity index (χ0) is 12.4. The number of nitrogens with zero attached hydrogens (tertiary/aromatic N) is 1. The first kappa shape index (κ1) is 11.4. The van der Waals surface area contributed by atoms with E-state index in [1.165, 1.54) is 7.11 Å². The van der Waals surface area contributed by atoms with Crippen molar-refractivity contribution < 1.29 is 13.5 Å². The first-order chi connectivity index (χ1) is 8.13. The summed E-state index contributed by atoms with van der Waals surface area (Å²) in [7, 11) is 1.45. The number of hydrogen-bond donors (Lipinski definition) is 1. The van der Waals surface area contributed by atoms with Crippen molar-refractivity contribution in [2.24, 2.45) is 0 Å². The van der Waals surface area contributed by atoms with Crippen LogP contribution in [0.5, 0.6) is 5.75 Å². The molecule has 0 spiro atoms. The van der Waals surface area contributed by atoms with E-state index < -0.39 is 17.7 Å². The van der Waals surface area contributed by atoms with Crippen LogP contribution < -0.4 is 10.3 Å². The molecule has 0 amide bonds. The quantitative estimate of drug-likeness (QED) is 0.893. The summed E-state index contributed by atoms with van der Waals surface area (Å²) in [5, 5.41) is 2.35. The molecule has 0 saturated carbocycles. The Morgan fingerprint density at radius 2 is 2.06 bits per heavy atom. The van der Waals surface area contributed by atoms with Crippen molar-refractivity contribution >= 4 is 0 Å². The van der Waals surface area contributed by atoms with E-state index in [9.17, 15) is 13.6 Å². The summed E-state index contributed by atoms with van der Waals surface area (Å²) < 4.78 is 31.0. The Morgan fingerprint density at radius 3 is 2.65 bits per heavy atom. The zero-order valence-electron chi connectivity index (χ0n) is 8.98. The lowest BCUT2D eigenvalue weighted by molar-refractivity contribution is 0.145. The molecule has 0 aliphatic carbocycles. The van der Waals surface area contributed by atoms with Gasteiger partial charge in [-0.1, -0.05) is 12.1 Å². The van der Waals surface area contributed by atoms with Gasteiger partial charge in [0.2, 0.25) is 0 Å². The number of H-pyrrole nitrogens is 1. The van der Waals surface area contributed by atoms with E-state index in [2.05, 4.69) is 5.10 Å². The minimum atomic E-state index is -2.71. The van der Waals surface area contributed by atoms with Crippen molar-refractivity contribution in [3.8, 4) is 11.4 Å². The first-order valence-electron chi connectivity index (χ1n) is 4.87. The maximum Gasteiger partial charge on any atom is 0.279 e. The molecule has 1 heterocycles. The molecule has 1 aromatic carbocycles. The highest BCUT2D eigenvalue weighted by Crippen LogP contribution is 2.21. The number of aromatic nitrogens is 2. The molecule has 0 unspecified atom stereocenters. The van der Waals surface area contributed by atoms with Gasteiger partial charge in [0.15, 0.2) is 0 Å². The van der Waals surface area contributed by atoms with Crippen molar-refractivity contribution in [1.29, 1.82) is 0 Å². The van der Waals surface area contributed by atoms with Gasteiger partial charge < -0.3 is 4.74 Å². The summed E-state index contributed by atoms with van der Waals surface area (Å²) in [5.74, 6) is 0.428. The number of aromatic amines is 1. The Morgan fingerprint density at radius 1 is 1.35 bits per heavy atom. The maximum atomic E-state index is 12.4. The van der Waals surface area contributed by atoms with Gasteiger partial charge in [-0.25, -0.2) is 13.5 Å². The SMILES string of the molecule is COc1ccccc1-n1[nH]c(C(F)F)cc1=O. The van der Waals surface area contributed by atoms with Gasteiger partial charge in [0.1, 0.15) is 17.1 Å². The molecule has 17 heavy (non-hydrogen) atoms. The minimum absolute atomic E-state index is 0.395. The van der Waals surface area contributed by atoms with E-state index in [0.717, 1.165) is 10.7 Å². The predicted octanol–water partition coefficient (Wildman–Crippen LogP) is 2.11. The molecule has 0 radical (unpaired) electrons. The van der Waals surface area contributed by atoms with Crippen molar-refractivity contribution in [3.63, 3.8) is 0 Å². The smallest absolute Gasteiger partial charge is 0.279 e. The third-order valence-electron chi connectivity index (χ3n) is 2.30. The summed E-state index contributed by atoms with van der Waals surface area (Å²) >= 11 is 0. The second-order valence-corrected chi connectivity index (χ2v) is 3.36. The molecular formula is C11H10F2N2O2. The molecule has 0 saturated heterocycles. The van der Waals surface area contributed by atoms with Gasteiger partial charge in [-0.3, -0.25) is 9.89 Å². The fourth-order valence-corrected chi connectivity index (χ4v) is 1.52. The number of halogens is 2. The van der Waals surface area contributed by atoms with Crippen LogP contribution in [0.4, 0.5) is 8.78 Å². The molecule has 1 N–H and O–H groups in total. The normalized spacial score (nSPS) is 10.8. The second kappa shape index (κ2) is 4.40. The average Bonchev–Trinajstić information content (AvgIpc) is 2.71. The molecule has 2 rings (SSSR count). The van der Waals surface area contributed by atoms with Crippen LogP contribution in [0.1, 0.15) is 12.1 Å². The van der Waals surface area contributed by atoms with Gasteiger partial charge in [0.25, 0.3) is 12.0 Å². The highest BCUT2D eigenvalue weighted by molar-refractivity contribution is 5.45. The number of nitrogens with one attached hydrogen (secondary N) is 1. The second-order valence-electron chi connectivity index (χ2n) is 3.36. The molecule has 1 aromatic heterocycles. The van der Waals surface area contributed by atoms with E-state index in [1.54, 1.807) is 24.3 Å². The van der Waals surface area contributed by atoms with Crippen molar-refractivity contribution in [3.05, 3.63) is 46.4 Å². The summed E-state index contributed by atoms with van der Waals surface area (Å²) in [6.45, 7) is 0. The van der Waals surface area contributed by atoms with Crippen LogP contribution >= 0.6 is 0 Å². The van der Waals surface area contributed by atoms with Gasteiger partial charge in [-0.05, 0) is 12.1 Å². The van der Waals surface area contributed by atoms with Crippen molar-refractivity contribution in [1.82, 2.24) is 9.78 Å². The van der Waals surface area contributed by atoms with Crippen LogP contribution in [0.15, 0.2) is 35.1 Å². The highest BCUT2D eigenvalue weighted by Gasteiger charge is 2.14. The predicted molar refractivity (Wildman–Crippen MR) is 57.9 cm³/mol. The van der Waals surface area contributed by atoms with Crippen molar-refractivity contribution in [2.75, 3.05) is 7.11 Å². The van der Waals surface area contributed by atoms with Gasteiger partial charge in [0.05, 0.1) is 7.11 Å². The van der Waals surface area contributed by atoms with Gasteiger partial charge in [-0.2, -0.15) is 0 Å². The minimum Gasteiger partial charge on any atom is -0.494 e. The number of para-hydroxylation sites is 2. The van der Waals surface area contributed by atoms with Gasteiger partial charge in [-0.15, -0.1) is 0 Å². The Bertz CT molecular complexity index is 575. The number of methoxy groups -OCH3 is 1. The molecule has 6 heteroatoms. The Labute approximate surface area is 95.4 Å². The number of ether oxygens (including phenoxy) is 1. The molecular weight excluding hydrogens is 230 g/mol. The van der Waals surface area contributed by atoms with E-state index in [4.69, 9.17) is 4.74 Å². The number of alkyl halides is 2. The summed E-state index contributed by atoms with van der Waals surface area (Å²) in [4.78, 5) is 11.6. The van der Waals surface area contributed by atoms with Crippen molar-refractivity contribution in [2.45, 2.75) is 6.43 Å². The van der Waals surface area contributed by atoms with E-state index in [0.29, 0.717) is 11.4 Å². The highest BCUT2D eigenvalue weighted by atomic mass is 19.3. The number of hydrogen-bond acceptors (Lipinski definition) is 2. The van der Waals surface area contributed by atoms with Crippen LogP contribution in [0.25, 0.3) is 5.69 Å². The van der Waals surface area contributed by atoms with Crippen LogP contribution in [-0.4, -0.2) is 16.9 Å². The van der Waals surface area contributed by atoms with Gasteiger partial charge in [0, 0.05) is 6.07 Å². The Balaban J connectivity index is 2.57. The zero-order valence-corrected chi connectivity index (χ0v) is 8.98. The first-order valence-corrected chi connectivity index (χ1v) is 4.87. The summed E-state index contributed by atoms with van der Waals surface area (Å²) in [6, 6.07) is 7.53. The largest absolute Gasteiger partial charge is 0.494 e. The lowest BCUT2D eigenvalue weighted by atomic mass is 10.3. The number of rotatable bonds is 3. The lowest BCUT2D eigenvalue weighted by Gasteiger charge is -2.07. The molecule has 0 atom stereocenters. The fraction of sp³-hybridized carbons (Fsp3) is 0.182. The Hall–Kier alpha value is -2.11. The lowest BCUT2D eigenvalue weighted by Crippen LogP contribution is -2.14. The molecule has 0 aliphatic rings. The van der Waals surface area contributed by atoms with E-state index in [-0.39, 0.29) is 0 Å². The third kappa shape index (κ3) is 2.06. The van der Waals surface area contributed by atoms with Crippen LogP contribution in [0.2, 0.25) is 0 Å². The Kier molecular flexibility index (Phi) is 2.95. The number of benzene rings is 1. The molecule has 4 nitrogen and oxygen atoms in total. The molecule has 90 valence electrons. The van der Waals surface area contributed by atoms with Crippen LogP contribution in [-0.2, 0) is 0 Å². The molecule has 0 aliphatic heterocycles. The maximum absolute atomic E-state index is 12.4. The third-order valence-corrected chi connectivity index (χ3v) is 2.30. The molecule has 0 fully saturated rings. The van der Waals surface area contributed by atoms with E-state index in [1.807, 2.05) is 0 Å². The monoisotopic (exact) mass is 240 g/mol. The van der Waals surface area contributed by atoms with Crippen LogP contribution in [0.3, 0.4) is 0 Å². The van der Waals surface area contributed by atoms with Gasteiger partial charge >= 0.3 is 0 Å². The molecule has 2 aromatic rings. The standard InChI is InChI=1S/C11H10F2N2O2/c1-17-9-5-3-2-4-8(9)15-10(16)6-7(14-15)11(12)13/h2-6,11,14H,1H3. The summed E-state index contributed by atoms with van der Waals surface area (Å²) in [6.07, 6.45) is -2.71. The fourth-order valence-electron chi connectivity index (χ4n) is 1.52. The molecule has 0 bridgehead atoms.